The van der Waals surface area contributed by atoms with Crippen molar-refractivity contribution in [1.29, 1.82) is 0 Å². The van der Waals surface area contributed by atoms with Gasteiger partial charge in [0.25, 0.3) is 0 Å². The maximum Gasteiger partial charge on any atom is 0.0797 e. The minimum Gasteiger partial charge on any atom is -0.354 e. The molecule has 0 amide bonds. The van der Waals surface area contributed by atoms with E-state index in [4.69, 9.17) is 6.42 Å². The van der Waals surface area contributed by atoms with E-state index >= 15 is 0 Å². The van der Waals surface area contributed by atoms with Gasteiger partial charge in [0.1, 0.15) is 0 Å². The first-order chi connectivity index (χ1) is 4.34. The molecule has 0 saturated carbocycles. The smallest absolute Gasteiger partial charge is 0.0797 e. The lowest BCUT2D eigenvalue weighted by Gasteiger charge is -2.14. The molecule has 0 saturated heterocycles. The predicted molar refractivity (Wildman–Crippen MR) is 41.8 cm³/mol. The second-order valence-electron chi connectivity index (χ2n) is 1.96. The summed E-state index contributed by atoms with van der Waals surface area (Å²) in [6.07, 6.45) is 5.14. The molecule has 1 aliphatic rings. The summed E-state index contributed by atoms with van der Waals surface area (Å²) in [4.78, 5) is 2.17. The number of rotatable bonds is 1. The van der Waals surface area contributed by atoms with Crippen LogP contribution in [0.3, 0.4) is 0 Å². The summed E-state index contributed by atoms with van der Waals surface area (Å²) in [5, 5.41) is 2.14. The van der Waals surface area contributed by atoms with E-state index < -0.39 is 0 Å². The fraction of sp³-hybridized carbons (Fsp3) is 0.429. The number of thioether (sulfide) groups is 1. The Kier molecular flexibility index (Phi) is 2.07. The molecule has 0 atom stereocenters. The van der Waals surface area contributed by atoms with Crippen LogP contribution < -0.4 is 0 Å². The molecule has 2 heteroatoms. The molecule has 1 rings (SSSR count). The van der Waals surface area contributed by atoms with E-state index in [-0.39, 0.29) is 0 Å². The lowest BCUT2D eigenvalue weighted by molar-refractivity contribution is 0.464. The molecule has 1 aliphatic heterocycles. The van der Waals surface area contributed by atoms with Crippen molar-refractivity contribution in [3.63, 3.8) is 0 Å². The summed E-state index contributed by atoms with van der Waals surface area (Å²) in [6.45, 7) is 2.83. The van der Waals surface area contributed by atoms with Gasteiger partial charge >= 0.3 is 0 Å². The number of terminal acetylenes is 1. The third kappa shape index (κ3) is 1.43. The number of nitrogens with zero attached hydrogens (tertiary/aromatic N) is 1. The summed E-state index contributed by atoms with van der Waals surface area (Å²) in [6, 6.07) is 0. The molecule has 0 bridgehead atoms. The first-order valence-corrected chi connectivity index (χ1v) is 3.86. The SMILES string of the molecule is C#CCN1CSC=C1C. The van der Waals surface area contributed by atoms with Gasteiger partial charge in [0, 0.05) is 5.70 Å². The summed E-state index contributed by atoms with van der Waals surface area (Å²) in [5.74, 6) is 3.64. The Balaban J connectivity index is 2.45. The molecule has 0 N–H and O–H groups in total. The van der Waals surface area contributed by atoms with Crippen LogP contribution in [0.2, 0.25) is 0 Å². The summed E-state index contributed by atoms with van der Waals surface area (Å²) >= 11 is 1.80. The Bertz CT molecular complexity index is 166. The van der Waals surface area contributed by atoms with Gasteiger partial charge < -0.3 is 4.90 Å². The quantitative estimate of drug-likeness (QED) is 0.506. The second-order valence-corrected chi connectivity index (χ2v) is 2.78. The summed E-state index contributed by atoms with van der Waals surface area (Å²) in [5.41, 5.74) is 1.29. The summed E-state index contributed by atoms with van der Waals surface area (Å²) < 4.78 is 0. The molecule has 0 spiro atoms. The van der Waals surface area contributed by atoms with Crippen molar-refractivity contribution >= 4 is 11.8 Å². The van der Waals surface area contributed by atoms with Gasteiger partial charge in [-0.25, -0.2) is 0 Å². The molecule has 0 aromatic carbocycles. The maximum atomic E-state index is 5.14. The largest absolute Gasteiger partial charge is 0.354 e. The maximum absolute atomic E-state index is 5.14. The third-order valence-corrected chi connectivity index (χ3v) is 2.23. The topological polar surface area (TPSA) is 3.24 Å². The van der Waals surface area contributed by atoms with Gasteiger partial charge in [0.15, 0.2) is 0 Å². The van der Waals surface area contributed by atoms with Crippen molar-refractivity contribution in [3.05, 3.63) is 11.1 Å². The van der Waals surface area contributed by atoms with Gasteiger partial charge in [-0.1, -0.05) is 5.92 Å². The van der Waals surface area contributed by atoms with Crippen molar-refractivity contribution in [2.75, 3.05) is 12.4 Å². The zero-order chi connectivity index (χ0) is 6.69. The molecule has 1 heterocycles. The van der Waals surface area contributed by atoms with Crippen LogP contribution in [-0.4, -0.2) is 17.3 Å². The first kappa shape index (κ1) is 6.57. The number of hydrogen-bond donors (Lipinski definition) is 0. The van der Waals surface area contributed by atoms with Gasteiger partial charge in [-0.2, -0.15) is 0 Å². The van der Waals surface area contributed by atoms with Crippen molar-refractivity contribution in [2.24, 2.45) is 0 Å². The Morgan fingerprint density at radius 1 is 2.00 bits per heavy atom. The van der Waals surface area contributed by atoms with Gasteiger partial charge in [0.05, 0.1) is 12.4 Å². The second kappa shape index (κ2) is 2.84. The fourth-order valence-corrected chi connectivity index (χ4v) is 1.64. The Morgan fingerprint density at radius 2 is 2.78 bits per heavy atom. The summed E-state index contributed by atoms with van der Waals surface area (Å²) in [7, 11) is 0. The van der Waals surface area contributed by atoms with E-state index in [0.717, 1.165) is 12.4 Å². The van der Waals surface area contributed by atoms with E-state index in [1.165, 1.54) is 5.70 Å². The van der Waals surface area contributed by atoms with Crippen molar-refractivity contribution < 1.29 is 0 Å². The minimum absolute atomic E-state index is 0.745. The highest BCUT2D eigenvalue weighted by molar-refractivity contribution is 8.02. The lowest BCUT2D eigenvalue weighted by atomic mass is 10.5. The first-order valence-electron chi connectivity index (χ1n) is 2.81. The molecule has 0 aliphatic carbocycles. The van der Waals surface area contributed by atoms with Gasteiger partial charge in [-0.05, 0) is 12.3 Å². The van der Waals surface area contributed by atoms with Gasteiger partial charge in [-0.15, -0.1) is 18.2 Å². The van der Waals surface area contributed by atoms with Gasteiger partial charge in [-0.3, -0.25) is 0 Å². The molecule has 0 fully saturated rings. The van der Waals surface area contributed by atoms with Crippen molar-refractivity contribution in [2.45, 2.75) is 6.92 Å². The number of allylic oxidation sites excluding steroid dienone is 1. The molecular weight excluding hydrogens is 130 g/mol. The average Bonchev–Trinajstić information content (AvgIpc) is 2.18. The molecule has 9 heavy (non-hydrogen) atoms. The van der Waals surface area contributed by atoms with E-state index in [1.807, 2.05) is 0 Å². The van der Waals surface area contributed by atoms with Crippen LogP contribution in [-0.2, 0) is 0 Å². The van der Waals surface area contributed by atoms with E-state index in [1.54, 1.807) is 11.8 Å². The molecule has 1 nitrogen and oxygen atoms in total. The highest BCUT2D eigenvalue weighted by Crippen LogP contribution is 2.21. The Labute approximate surface area is 60.1 Å². The zero-order valence-corrected chi connectivity index (χ0v) is 6.24. The lowest BCUT2D eigenvalue weighted by Crippen LogP contribution is -2.17. The molecule has 0 unspecified atom stereocenters. The molecule has 48 valence electrons. The Morgan fingerprint density at radius 3 is 3.22 bits per heavy atom. The molecular formula is C7H9NS. The van der Waals surface area contributed by atoms with E-state index in [9.17, 15) is 0 Å². The van der Waals surface area contributed by atoms with Crippen LogP contribution >= 0.6 is 11.8 Å². The van der Waals surface area contributed by atoms with Crippen LogP contribution in [0.25, 0.3) is 0 Å². The number of hydrogen-bond acceptors (Lipinski definition) is 2. The molecule has 0 aromatic rings. The van der Waals surface area contributed by atoms with Gasteiger partial charge in [0.2, 0.25) is 0 Å². The van der Waals surface area contributed by atoms with E-state index in [0.29, 0.717) is 0 Å². The Hall–Kier alpha value is -0.550. The monoisotopic (exact) mass is 139 g/mol. The highest BCUT2D eigenvalue weighted by Gasteiger charge is 2.08. The highest BCUT2D eigenvalue weighted by atomic mass is 32.2. The van der Waals surface area contributed by atoms with Crippen molar-refractivity contribution in [1.82, 2.24) is 4.90 Å². The minimum atomic E-state index is 0.745. The predicted octanol–water partition coefficient (Wildman–Crippen LogP) is 1.49. The average molecular weight is 139 g/mol. The normalized spacial score (nSPS) is 17.3. The van der Waals surface area contributed by atoms with Crippen LogP contribution in [0.4, 0.5) is 0 Å². The van der Waals surface area contributed by atoms with Crippen molar-refractivity contribution in [3.8, 4) is 12.3 Å². The fourth-order valence-electron chi connectivity index (χ4n) is 0.705. The molecule has 0 aromatic heterocycles. The van der Waals surface area contributed by atoms with Crippen LogP contribution in [0, 0.1) is 12.3 Å². The molecule has 0 radical (unpaired) electrons. The zero-order valence-electron chi connectivity index (χ0n) is 5.42. The third-order valence-electron chi connectivity index (χ3n) is 1.27. The van der Waals surface area contributed by atoms with Crippen LogP contribution in [0.5, 0.6) is 0 Å². The van der Waals surface area contributed by atoms with E-state index in [2.05, 4.69) is 23.2 Å². The standard InChI is InChI=1S/C7H9NS/c1-3-4-8-6-9-5-7(8)2/h1,5H,4,6H2,2H3. The van der Waals surface area contributed by atoms with Crippen LogP contribution in [0.1, 0.15) is 6.92 Å². The van der Waals surface area contributed by atoms with Crippen LogP contribution in [0.15, 0.2) is 11.1 Å².